The summed E-state index contributed by atoms with van der Waals surface area (Å²) < 4.78 is 1.93. The SMILES string of the molecule is O=C(NCc1ccccc1-n1ccnc1)c1ccc(C2SCC(=O)N2CCc2ccccc2)cc1. The largest absolute Gasteiger partial charge is 0.348 e. The Morgan fingerprint density at radius 1 is 1.00 bits per heavy atom. The molecule has 176 valence electrons. The fourth-order valence-electron chi connectivity index (χ4n) is 4.26. The van der Waals surface area contributed by atoms with Gasteiger partial charge in [0.15, 0.2) is 0 Å². The normalized spacial score (nSPS) is 15.4. The second-order valence-corrected chi connectivity index (χ2v) is 9.46. The summed E-state index contributed by atoms with van der Waals surface area (Å²) in [5, 5.41) is 3.00. The summed E-state index contributed by atoms with van der Waals surface area (Å²) in [6.45, 7) is 1.09. The molecule has 0 saturated carbocycles. The number of benzene rings is 3. The van der Waals surface area contributed by atoms with E-state index in [2.05, 4.69) is 22.4 Å². The minimum atomic E-state index is -0.131. The molecule has 1 unspecified atom stereocenters. The average Bonchev–Trinajstić information content (AvgIpc) is 3.57. The number of nitrogens with one attached hydrogen (secondary N) is 1. The molecule has 1 atom stereocenters. The lowest BCUT2D eigenvalue weighted by molar-refractivity contribution is -0.128. The second-order valence-electron chi connectivity index (χ2n) is 8.39. The second kappa shape index (κ2) is 10.6. The van der Waals surface area contributed by atoms with Crippen molar-refractivity contribution < 1.29 is 9.59 Å². The Hall–Kier alpha value is -3.84. The third-order valence-corrected chi connectivity index (χ3v) is 7.38. The van der Waals surface area contributed by atoms with Crippen LogP contribution in [0, 0.1) is 0 Å². The Morgan fingerprint density at radius 3 is 2.54 bits per heavy atom. The minimum Gasteiger partial charge on any atom is -0.348 e. The Labute approximate surface area is 209 Å². The zero-order valence-corrected chi connectivity index (χ0v) is 20.0. The van der Waals surface area contributed by atoms with E-state index >= 15 is 0 Å². The van der Waals surface area contributed by atoms with E-state index in [1.165, 1.54) is 5.56 Å². The smallest absolute Gasteiger partial charge is 0.251 e. The van der Waals surface area contributed by atoms with Gasteiger partial charge in [0.1, 0.15) is 5.37 Å². The van der Waals surface area contributed by atoms with E-state index in [0.717, 1.165) is 23.2 Å². The van der Waals surface area contributed by atoms with Crippen LogP contribution >= 0.6 is 11.8 Å². The number of rotatable bonds is 8. The number of aromatic nitrogens is 2. The van der Waals surface area contributed by atoms with Gasteiger partial charge in [-0.25, -0.2) is 4.98 Å². The van der Waals surface area contributed by atoms with Gasteiger partial charge in [0.2, 0.25) is 5.91 Å². The van der Waals surface area contributed by atoms with Crippen LogP contribution in [-0.2, 0) is 17.8 Å². The molecule has 0 radical (unpaired) electrons. The zero-order valence-electron chi connectivity index (χ0n) is 19.2. The Balaban J connectivity index is 1.22. The highest BCUT2D eigenvalue weighted by atomic mass is 32.2. The van der Waals surface area contributed by atoms with E-state index < -0.39 is 0 Å². The molecule has 35 heavy (non-hydrogen) atoms. The van der Waals surface area contributed by atoms with Crippen molar-refractivity contribution in [2.75, 3.05) is 12.3 Å². The monoisotopic (exact) mass is 482 g/mol. The predicted molar refractivity (Wildman–Crippen MR) is 138 cm³/mol. The lowest BCUT2D eigenvalue weighted by atomic mass is 10.1. The van der Waals surface area contributed by atoms with Gasteiger partial charge in [0.25, 0.3) is 5.91 Å². The molecule has 1 saturated heterocycles. The molecule has 1 aliphatic heterocycles. The number of amides is 2. The highest BCUT2D eigenvalue weighted by Gasteiger charge is 2.32. The predicted octanol–water partition coefficient (Wildman–Crippen LogP) is 4.62. The van der Waals surface area contributed by atoms with Crippen molar-refractivity contribution in [2.24, 2.45) is 0 Å². The molecule has 6 nitrogen and oxygen atoms in total. The van der Waals surface area contributed by atoms with Crippen LogP contribution in [0.3, 0.4) is 0 Å². The zero-order chi connectivity index (χ0) is 24.0. The average molecular weight is 483 g/mol. The van der Waals surface area contributed by atoms with Crippen LogP contribution in [-0.4, -0.2) is 38.6 Å². The molecule has 1 aromatic heterocycles. The first-order chi connectivity index (χ1) is 17.2. The number of nitrogens with zero attached hydrogens (tertiary/aromatic N) is 3. The topological polar surface area (TPSA) is 67.2 Å². The molecular formula is C28H26N4O2S. The Kier molecular flexibility index (Phi) is 6.95. The van der Waals surface area contributed by atoms with Crippen LogP contribution in [0.15, 0.2) is 97.6 Å². The van der Waals surface area contributed by atoms with E-state index in [0.29, 0.717) is 24.4 Å². The van der Waals surface area contributed by atoms with Crippen molar-refractivity contribution in [3.63, 3.8) is 0 Å². The number of hydrogen-bond acceptors (Lipinski definition) is 4. The standard InChI is InChI=1S/C28H26N4O2S/c33-26-19-35-28(32(26)16-14-21-6-2-1-3-7-21)23-12-10-22(11-13-23)27(34)30-18-24-8-4-5-9-25(24)31-17-15-29-20-31/h1-13,15,17,20,28H,14,16,18-19H2,(H,30,34). The summed E-state index contributed by atoms with van der Waals surface area (Å²) in [6, 6.07) is 25.7. The third-order valence-electron chi connectivity index (χ3n) is 6.12. The maximum atomic E-state index is 12.8. The van der Waals surface area contributed by atoms with Crippen molar-refractivity contribution in [1.82, 2.24) is 19.8 Å². The maximum Gasteiger partial charge on any atom is 0.251 e. The Bertz CT molecular complexity index is 1290. The molecule has 0 spiro atoms. The van der Waals surface area contributed by atoms with Crippen molar-refractivity contribution in [3.05, 3.63) is 120 Å². The molecule has 2 amide bonds. The van der Waals surface area contributed by atoms with E-state index in [1.54, 1.807) is 24.3 Å². The fourth-order valence-corrected chi connectivity index (χ4v) is 5.48. The first-order valence-electron chi connectivity index (χ1n) is 11.6. The maximum absolute atomic E-state index is 12.8. The van der Waals surface area contributed by atoms with Gasteiger partial charge in [-0.1, -0.05) is 60.7 Å². The lowest BCUT2D eigenvalue weighted by Crippen LogP contribution is -2.30. The summed E-state index contributed by atoms with van der Waals surface area (Å²) in [5.41, 5.74) is 4.84. The third kappa shape index (κ3) is 5.30. The number of carbonyl (C=O) groups excluding carboxylic acids is 2. The molecule has 1 fully saturated rings. The number of carbonyl (C=O) groups is 2. The first-order valence-corrected chi connectivity index (χ1v) is 12.6. The fraction of sp³-hybridized carbons (Fsp3) is 0.179. The molecule has 4 aromatic rings. The van der Waals surface area contributed by atoms with Gasteiger partial charge in [-0.3, -0.25) is 9.59 Å². The molecule has 0 aliphatic carbocycles. The highest BCUT2D eigenvalue weighted by Crippen LogP contribution is 2.38. The summed E-state index contributed by atoms with van der Waals surface area (Å²) in [6.07, 6.45) is 6.18. The lowest BCUT2D eigenvalue weighted by Gasteiger charge is -2.24. The van der Waals surface area contributed by atoms with E-state index in [4.69, 9.17) is 0 Å². The van der Waals surface area contributed by atoms with Gasteiger partial charge in [0, 0.05) is 31.0 Å². The first kappa shape index (κ1) is 22.9. The van der Waals surface area contributed by atoms with Crippen LogP contribution in [0.1, 0.15) is 32.4 Å². The molecular weight excluding hydrogens is 456 g/mol. The molecule has 3 aromatic carbocycles. The molecule has 0 bridgehead atoms. The Morgan fingerprint density at radius 2 is 1.77 bits per heavy atom. The van der Waals surface area contributed by atoms with Crippen LogP contribution in [0.25, 0.3) is 5.69 Å². The molecule has 7 heteroatoms. The summed E-state index contributed by atoms with van der Waals surface area (Å²) >= 11 is 1.64. The van der Waals surface area contributed by atoms with Gasteiger partial charge in [-0.05, 0) is 41.3 Å². The molecule has 1 N–H and O–H groups in total. The number of imidazole rings is 1. The number of para-hydroxylation sites is 1. The van der Waals surface area contributed by atoms with E-state index in [1.807, 2.05) is 82.4 Å². The summed E-state index contributed by atoms with van der Waals surface area (Å²) in [7, 11) is 0. The van der Waals surface area contributed by atoms with Crippen molar-refractivity contribution in [2.45, 2.75) is 18.3 Å². The van der Waals surface area contributed by atoms with Crippen molar-refractivity contribution >= 4 is 23.6 Å². The molecule has 1 aliphatic rings. The van der Waals surface area contributed by atoms with Gasteiger partial charge in [-0.15, -0.1) is 11.8 Å². The van der Waals surface area contributed by atoms with Crippen molar-refractivity contribution in [1.29, 1.82) is 0 Å². The van der Waals surface area contributed by atoms with Crippen LogP contribution in [0.4, 0.5) is 0 Å². The number of hydrogen-bond donors (Lipinski definition) is 1. The van der Waals surface area contributed by atoms with Crippen LogP contribution < -0.4 is 5.32 Å². The molecule has 2 heterocycles. The quantitative estimate of drug-likeness (QED) is 0.398. The summed E-state index contributed by atoms with van der Waals surface area (Å²) in [4.78, 5) is 31.4. The summed E-state index contributed by atoms with van der Waals surface area (Å²) in [5.74, 6) is 0.514. The van der Waals surface area contributed by atoms with E-state index in [-0.39, 0.29) is 17.2 Å². The number of thioether (sulfide) groups is 1. The van der Waals surface area contributed by atoms with E-state index in [9.17, 15) is 9.59 Å². The molecule has 5 rings (SSSR count). The van der Waals surface area contributed by atoms with Gasteiger partial charge in [-0.2, -0.15) is 0 Å². The van der Waals surface area contributed by atoms with Gasteiger partial charge in [0.05, 0.1) is 17.8 Å². The van der Waals surface area contributed by atoms with Gasteiger partial charge < -0.3 is 14.8 Å². The van der Waals surface area contributed by atoms with Crippen molar-refractivity contribution in [3.8, 4) is 5.69 Å². The highest BCUT2D eigenvalue weighted by molar-refractivity contribution is 8.00. The van der Waals surface area contributed by atoms with Crippen LogP contribution in [0.2, 0.25) is 0 Å². The van der Waals surface area contributed by atoms with Gasteiger partial charge >= 0.3 is 0 Å². The van der Waals surface area contributed by atoms with Crippen LogP contribution in [0.5, 0.6) is 0 Å². The minimum absolute atomic E-state index is 0.0228.